The Hall–Kier alpha value is -2.67. The van der Waals surface area contributed by atoms with Gasteiger partial charge >= 0.3 is 0 Å². The highest BCUT2D eigenvalue weighted by Crippen LogP contribution is 2.14. The second-order valence-electron chi connectivity index (χ2n) is 3.63. The van der Waals surface area contributed by atoms with Crippen molar-refractivity contribution in [1.29, 1.82) is 5.26 Å². The van der Waals surface area contributed by atoms with Gasteiger partial charge in [-0.15, -0.1) is 0 Å². The molecule has 2 aromatic rings. The molecule has 0 aliphatic carbocycles. The van der Waals surface area contributed by atoms with Crippen LogP contribution in [0, 0.1) is 17.1 Å². The fourth-order valence-electron chi connectivity index (χ4n) is 1.48. The third-order valence-electron chi connectivity index (χ3n) is 2.38. The summed E-state index contributed by atoms with van der Waals surface area (Å²) in [6, 6.07) is 14.2. The van der Waals surface area contributed by atoms with Crippen molar-refractivity contribution in [3.8, 4) is 6.07 Å². The lowest BCUT2D eigenvalue weighted by Gasteiger charge is -2.05. The zero-order valence-corrected chi connectivity index (χ0v) is 9.35. The molecule has 0 atom stereocenters. The van der Waals surface area contributed by atoms with Gasteiger partial charge in [-0.25, -0.2) is 4.39 Å². The largest absolute Gasteiger partial charge is 0.322 e. The van der Waals surface area contributed by atoms with Crippen molar-refractivity contribution in [3.05, 3.63) is 65.5 Å². The normalized spacial score (nSPS) is 9.56. The molecule has 0 aliphatic heterocycles. The Morgan fingerprint density at radius 3 is 2.56 bits per heavy atom. The maximum atomic E-state index is 13.1. The maximum Gasteiger partial charge on any atom is 0.255 e. The number of nitrogens with one attached hydrogen (secondary N) is 1. The fourth-order valence-corrected chi connectivity index (χ4v) is 1.48. The second kappa shape index (κ2) is 5.11. The van der Waals surface area contributed by atoms with Crippen LogP contribution in [0.3, 0.4) is 0 Å². The molecule has 2 rings (SSSR count). The number of nitrogens with zero attached hydrogens (tertiary/aromatic N) is 1. The SMILES string of the molecule is N#Cc1cc(NC(=O)c2ccccc2)ccc1F. The van der Waals surface area contributed by atoms with E-state index in [0.717, 1.165) is 6.07 Å². The Morgan fingerprint density at radius 1 is 1.17 bits per heavy atom. The van der Waals surface area contributed by atoms with E-state index in [1.165, 1.54) is 12.1 Å². The van der Waals surface area contributed by atoms with Gasteiger partial charge in [0.1, 0.15) is 11.9 Å². The number of carbonyl (C=O) groups excluding carboxylic acids is 1. The summed E-state index contributed by atoms with van der Waals surface area (Å²) >= 11 is 0. The van der Waals surface area contributed by atoms with Crippen molar-refractivity contribution in [3.63, 3.8) is 0 Å². The molecule has 0 heterocycles. The van der Waals surface area contributed by atoms with Gasteiger partial charge in [0.2, 0.25) is 0 Å². The zero-order valence-electron chi connectivity index (χ0n) is 9.35. The van der Waals surface area contributed by atoms with Crippen molar-refractivity contribution in [1.82, 2.24) is 0 Å². The number of benzene rings is 2. The molecule has 4 heteroatoms. The minimum atomic E-state index is -0.602. The molecule has 0 saturated heterocycles. The van der Waals surface area contributed by atoms with E-state index in [-0.39, 0.29) is 11.5 Å². The predicted octanol–water partition coefficient (Wildman–Crippen LogP) is 2.95. The van der Waals surface area contributed by atoms with Gasteiger partial charge in [0.25, 0.3) is 5.91 Å². The Kier molecular flexibility index (Phi) is 3.35. The molecule has 1 N–H and O–H groups in total. The fraction of sp³-hybridized carbons (Fsp3) is 0. The van der Waals surface area contributed by atoms with Crippen LogP contribution in [-0.4, -0.2) is 5.91 Å². The van der Waals surface area contributed by atoms with Gasteiger partial charge in [-0.2, -0.15) is 5.26 Å². The highest BCUT2D eigenvalue weighted by molar-refractivity contribution is 6.04. The molecule has 0 aliphatic rings. The van der Waals surface area contributed by atoms with E-state index < -0.39 is 5.82 Å². The first-order valence-electron chi connectivity index (χ1n) is 5.27. The monoisotopic (exact) mass is 240 g/mol. The van der Waals surface area contributed by atoms with Crippen LogP contribution < -0.4 is 5.32 Å². The van der Waals surface area contributed by atoms with Crippen LogP contribution >= 0.6 is 0 Å². The van der Waals surface area contributed by atoms with E-state index in [1.807, 2.05) is 6.07 Å². The quantitative estimate of drug-likeness (QED) is 0.877. The molecule has 0 bridgehead atoms. The van der Waals surface area contributed by atoms with Gasteiger partial charge in [0.15, 0.2) is 0 Å². The van der Waals surface area contributed by atoms with Gasteiger partial charge in [0, 0.05) is 11.3 Å². The summed E-state index contributed by atoms with van der Waals surface area (Å²) < 4.78 is 13.1. The lowest BCUT2D eigenvalue weighted by Crippen LogP contribution is -2.11. The molecule has 0 saturated carbocycles. The van der Waals surface area contributed by atoms with Crippen molar-refractivity contribution in [2.45, 2.75) is 0 Å². The Balaban J connectivity index is 2.20. The molecular formula is C14H9FN2O. The summed E-state index contributed by atoms with van der Waals surface area (Å²) in [6.07, 6.45) is 0. The summed E-state index contributed by atoms with van der Waals surface area (Å²) in [5, 5.41) is 11.3. The maximum absolute atomic E-state index is 13.1. The molecule has 0 unspecified atom stereocenters. The first-order valence-corrected chi connectivity index (χ1v) is 5.27. The standard InChI is InChI=1S/C14H9FN2O/c15-13-7-6-12(8-11(13)9-16)17-14(18)10-4-2-1-3-5-10/h1-8H,(H,17,18). The molecule has 3 nitrogen and oxygen atoms in total. The topological polar surface area (TPSA) is 52.9 Å². The molecule has 2 aromatic carbocycles. The van der Waals surface area contributed by atoms with Crippen LogP contribution in [-0.2, 0) is 0 Å². The van der Waals surface area contributed by atoms with Crippen LogP contribution in [0.15, 0.2) is 48.5 Å². The Bertz CT molecular complexity index is 617. The number of anilines is 1. The molecule has 0 aromatic heterocycles. The number of halogens is 1. The predicted molar refractivity (Wildman–Crippen MR) is 65.5 cm³/mol. The van der Waals surface area contributed by atoms with Crippen LogP contribution in [0.2, 0.25) is 0 Å². The summed E-state index contributed by atoms with van der Waals surface area (Å²) in [5.41, 5.74) is 0.794. The number of nitriles is 1. The third-order valence-corrected chi connectivity index (χ3v) is 2.38. The molecule has 0 radical (unpaired) electrons. The van der Waals surface area contributed by atoms with Crippen LogP contribution in [0.1, 0.15) is 15.9 Å². The average molecular weight is 240 g/mol. The summed E-state index contributed by atoms with van der Waals surface area (Å²) in [4.78, 5) is 11.8. The molecule has 0 spiro atoms. The first kappa shape index (κ1) is 11.8. The van der Waals surface area contributed by atoms with Crippen molar-refractivity contribution in [2.75, 3.05) is 5.32 Å². The summed E-state index contributed by atoms with van der Waals surface area (Å²) in [6.45, 7) is 0. The van der Waals surface area contributed by atoms with Crippen LogP contribution in [0.5, 0.6) is 0 Å². The number of hydrogen-bond donors (Lipinski definition) is 1. The number of hydrogen-bond acceptors (Lipinski definition) is 2. The van der Waals surface area contributed by atoms with E-state index in [0.29, 0.717) is 11.3 Å². The molecular weight excluding hydrogens is 231 g/mol. The number of carbonyl (C=O) groups is 1. The highest BCUT2D eigenvalue weighted by Gasteiger charge is 2.07. The van der Waals surface area contributed by atoms with Crippen molar-refractivity contribution in [2.24, 2.45) is 0 Å². The Morgan fingerprint density at radius 2 is 1.89 bits per heavy atom. The second-order valence-corrected chi connectivity index (χ2v) is 3.63. The van der Waals surface area contributed by atoms with Gasteiger partial charge in [-0.3, -0.25) is 4.79 Å². The van der Waals surface area contributed by atoms with Crippen molar-refractivity contribution >= 4 is 11.6 Å². The number of rotatable bonds is 2. The average Bonchev–Trinajstić information content (AvgIpc) is 2.42. The van der Waals surface area contributed by atoms with Gasteiger partial charge in [0.05, 0.1) is 5.56 Å². The van der Waals surface area contributed by atoms with E-state index in [2.05, 4.69) is 5.32 Å². The van der Waals surface area contributed by atoms with Crippen LogP contribution in [0.25, 0.3) is 0 Å². The third kappa shape index (κ3) is 2.53. The smallest absolute Gasteiger partial charge is 0.255 e. The highest BCUT2D eigenvalue weighted by atomic mass is 19.1. The van der Waals surface area contributed by atoms with E-state index in [1.54, 1.807) is 30.3 Å². The van der Waals surface area contributed by atoms with Gasteiger partial charge in [-0.05, 0) is 30.3 Å². The lowest BCUT2D eigenvalue weighted by molar-refractivity contribution is 0.102. The summed E-state index contributed by atoms with van der Waals surface area (Å²) in [5.74, 6) is -0.902. The van der Waals surface area contributed by atoms with E-state index >= 15 is 0 Å². The molecule has 0 fully saturated rings. The first-order chi connectivity index (χ1) is 8.70. The van der Waals surface area contributed by atoms with E-state index in [4.69, 9.17) is 5.26 Å². The van der Waals surface area contributed by atoms with Crippen molar-refractivity contribution < 1.29 is 9.18 Å². The molecule has 88 valence electrons. The Labute approximate surface area is 103 Å². The van der Waals surface area contributed by atoms with Gasteiger partial charge in [-0.1, -0.05) is 18.2 Å². The van der Waals surface area contributed by atoms with Crippen LogP contribution in [0.4, 0.5) is 10.1 Å². The van der Waals surface area contributed by atoms with E-state index in [9.17, 15) is 9.18 Å². The number of amides is 1. The summed E-state index contributed by atoms with van der Waals surface area (Å²) in [7, 11) is 0. The minimum Gasteiger partial charge on any atom is -0.322 e. The minimum absolute atomic E-state index is 0.0964. The molecule has 1 amide bonds. The lowest BCUT2D eigenvalue weighted by atomic mass is 10.2. The van der Waals surface area contributed by atoms with Gasteiger partial charge < -0.3 is 5.32 Å². The molecule has 18 heavy (non-hydrogen) atoms. The zero-order chi connectivity index (χ0) is 13.0.